The van der Waals surface area contributed by atoms with Gasteiger partial charge in [-0.05, 0) is 30.0 Å². The summed E-state index contributed by atoms with van der Waals surface area (Å²) in [6, 6.07) is 0. The summed E-state index contributed by atoms with van der Waals surface area (Å²) in [6.07, 6.45) is 5.09. The van der Waals surface area contributed by atoms with Crippen LogP contribution in [-0.2, 0) is 11.8 Å². The molecule has 0 heterocycles. The lowest BCUT2D eigenvalue weighted by Gasteiger charge is -2.35. The van der Waals surface area contributed by atoms with Crippen LogP contribution >= 0.6 is 22.6 Å². The van der Waals surface area contributed by atoms with E-state index in [1.807, 2.05) is 0 Å². The van der Waals surface area contributed by atoms with Crippen LogP contribution in [0.2, 0.25) is 0 Å². The lowest BCUT2D eigenvalue weighted by atomic mass is 9.70. The van der Waals surface area contributed by atoms with Gasteiger partial charge in [0.05, 0.1) is 11.7 Å². The van der Waals surface area contributed by atoms with Gasteiger partial charge in [0, 0.05) is 10.3 Å². The van der Waals surface area contributed by atoms with Crippen molar-refractivity contribution in [2.24, 2.45) is 16.7 Å². The first kappa shape index (κ1) is 11.5. The van der Waals surface area contributed by atoms with E-state index in [1.54, 1.807) is 0 Å². The number of thiol groups is 1. The summed E-state index contributed by atoms with van der Waals surface area (Å²) in [4.78, 5) is 0. The van der Waals surface area contributed by atoms with Crippen molar-refractivity contribution in [3.05, 3.63) is 0 Å². The Morgan fingerprint density at radius 1 is 1.50 bits per heavy atom. The van der Waals surface area contributed by atoms with Gasteiger partial charge in [0.2, 0.25) is 6.10 Å². The third-order valence-corrected chi connectivity index (χ3v) is 7.95. The highest BCUT2D eigenvalue weighted by Gasteiger charge is 2.72. The van der Waals surface area contributed by atoms with Crippen LogP contribution in [0.15, 0.2) is 0 Å². The average Bonchev–Trinajstić information content (AvgIpc) is 2.52. The van der Waals surface area contributed by atoms with Crippen LogP contribution in [0.4, 0.5) is 0 Å². The highest BCUT2D eigenvalue weighted by atomic mass is 127. The first-order valence-electron chi connectivity index (χ1n) is 5.37. The second-order valence-corrected chi connectivity index (χ2v) is 7.22. The molecule has 0 aromatic rings. The Bertz CT molecular complexity index is 245. The minimum atomic E-state index is 0.188. The number of rotatable bonds is 2. The molecule has 0 amide bonds. The van der Waals surface area contributed by atoms with E-state index in [4.69, 9.17) is 5.11 Å². The van der Waals surface area contributed by atoms with Crippen LogP contribution in [0, 0.1) is 16.7 Å². The van der Waals surface area contributed by atoms with Crippen molar-refractivity contribution in [1.29, 1.82) is 0 Å². The van der Waals surface area contributed by atoms with Crippen molar-refractivity contribution < 1.29 is 5.11 Å². The Labute approximate surface area is 105 Å². The molecule has 0 aromatic carbocycles. The molecule has 2 rings (SSSR count). The standard InChI is InChI=1S/C11H19IOS/c1-10-5-4-7(11(10,2)6-12)8(14-3)9(10)13/h7-9,13H,4-6H2,1-3H3/p+2. The quantitative estimate of drug-likeness (QED) is 0.319. The highest BCUT2D eigenvalue weighted by Crippen LogP contribution is 2.66. The molecule has 2 fully saturated rings. The molecule has 5 unspecified atom stereocenters. The number of alkyl halides is 1. The van der Waals surface area contributed by atoms with Crippen molar-refractivity contribution in [3.8, 4) is 0 Å². The van der Waals surface area contributed by atoms with E-state index in [0.717, 1.165) is 5.92 Å². The lowest BCUT2D eigenvalue weighted by molar-refractivity contribution is 0.0176. The largest absolute Gasteiger partial charge is 0.439 e. The van der Waals surface area contributed by atoms with Gasteiger partial charge in [0.15, 0.2) is 5.25 Å². The third kappa shape index (κ3) is 1.12. The molecule has 14 heavy (non-hydrogen) atoms. The van der Waals surface area contributed by atoms with Gasteiger partial charge in [-0.2, -0.15) is 0 Å². The SMILES string of the molecule is C[SH+]C1C([OH2+])C2(C)CCC1C2(C)CI. The molecule has 0 aliphatic heterocycles. The first-order chi connectivity index (χ1) is 6.51. The zero-order valence-corrected chi connectivity index (χ0v) is 12.2. The lowest BCUT2D eigenvalue weighted by Crippen LogP contribution is -2.41. The number of hydrogen-bond donors (Lipinski definition) is 0. The van der Waals surface area contributed by atoms with Crippen molar-refractivity contribution in [2.45, 2.75) is 38.0 Å². The normalized spacial score (nSPS) is 56.8. The fraction of sp³-hybridized carbons (Fsp3) is 1.00. The van der Waals surface area contributed by atoms with Crippen molar-refractivity contribution in [1.82, 2.24) is 0 Å². The molecule has 2 aliphatic rings. The van der Waals surface area contributed by atoms with E-state index in [2.05, 4.69) is 42.7 Å². The van der Waals surface area contributed by atoms with Gasteiger partial charge in [-0.25, -0.2) is 0 Å². The fourth-order valence-corrected chi connectivity index (χ4v) is 6.63. The van der Waals surface area contributed by atoms with Crippen LogP contribution in [0.1, 0.15) is 26.7 Å². The molecule has 0 radical (unpaired) electrons. The van der Waals surface area contributed by atoms with E-state index >= 15 is 0 Å². The Balaban J connectivity index is 2.39. The molecular formula is C11H21IOS+2. The summed E-state index contributed by atoms with van der Waals surface area (Å²) in [5, 5.41) is 9.07. The number of halogens is 1. The average molecular weight is 328 g/mol. The van der Waals surface area contributed by atoms with Crippen LogP contribution in [0.25, 0.3) is 0 Å². The second-order valence-electron chi connectivity index (χ2n) is 5.34. The Kier molecular flexibility index (Phi) is 2.90. The van der Waals surface area contributed by atoms with Crippen molar-refractivity contribution in [2.75, 3.05) is 10.7 Å². The summed E-state index contributed by atoms with van der Waals surface area (Å²) >= 11 is 3.99. The van der Waals surface area contributed by atoms with E-state index < -0.39 is 0 Å². The first-order valence-corrected chi connectivity index (χ1v) is 8.31. The van der Waals surface area contributed by atoms with Crippen LogP contribution in [0.3, 0.4) is 0 Å². The maximum absolute atomic E-state index is 8.42. The molecule has 3 heteroatoms. The monoisotopic (exact) mass is 328 g/mol. The minimum Gasteiger partial charge on any atom is -0.439 e. The van der Waals surface area contributed by atoms with Gasteiger partial charge >= 0.3 is 0 Å². The maximum atomic E-state index is 8.42. The fourth-order valence-electron chi connectivity index (χ4n) is 3.73. The molecule has 2 aliphatic carbocycles. The summed E-state index contributed by atoms with van der Waals surface area (Å²) < 4.78 is 1.23. The van der Waals surface area contributed by atoms with Gasteiger partial charge in [-0.1, -0.05) is 36.4 Å². The van der Waals surface area contributed by atoms with Gasteiger partial charge in [-0.3, -0.25) is 0 Å². The maximum Gasteiger partial charge on any atom is 0.208 e. The Morgan fingerprint density at radius 3 is 2.50 bits per heavy atom. The zero-order chi connectivity index (χ0) is 10.6. The highest BCUT2D eigenvalue weighted by molar-refractivity contribution is 14.1. The van der Waals surface area contributed by atoms with Crippen LogP contribution in [-0.4, -0.2) is 27.1 Å². The molecular weight excluding hydrogens is 307 g/mol. The van der Waals surface area contributed by atoms with Crippen molar-refractivity contribution in [3.63, 3.8) is 0 Å². The molecule has 2 saturated carbocycles. The minimum absolute atomic E-state index is 0.188. The predicted octanol–water partition coefficient (Wildman–Crippen LogP) is 1.76. The van der Waals surface area contributed by atoms with Gasteiger partial charge < -0.3 is 5.11 Å². The second kappa shape index (κ2) is 3.52. The zero-order valence-electron chi connectivity index (χ0n) is 9.18. The molecule has 0 saturated heterocycles. The van der Waals surface area contributed by atoms with E-state index in [-0.39, 0.29) is 6.10 Å². The predicted molar refractivity (Wildman–Crippen MR) is 73.7 cm³/mol. The van der Waals surface area contributed by atoms with E-state index in [1.165, 1.54) is 29.0 Å². The Morgan fingerprint density at radius 2 is 2.14 bits per heavy atom. The smallest absolute Gasteiger partial charge is 0.208 e. The molecule has 1 nitrogen and oxygen atoms in total. The summed E-state index contributed by atoms with van der Waals surface area (Å²) in [6.45, 7) is 4.80. The van der Waals surface area contributed by atoms with Crippen LogP contribution in [0.5, 0.6) is 0 Å². The molecule has 5 atom stereocenters. The molecule has 2 N–H and O–H groups in total. The van der Waals surface area contributed by atoms with Gasteiger partial charge in [0.25, 0.3) is 0 Å². The van der Waals surface area contributed by atoms with Crippen molar-refractivity contribution >= 4 is 34.4 Å². The van der Waals surface area contributed by atoms with Crippen LogP contribution < -0.4 is 0 Å². The number of fused-ring (bicyclic) bond motifs is 2. The van der Waals surface area contributed by atoms with E-state index in [9.17, 15) is 0 Å². The summed E-state index contributed by atoms with van der Waals surface area (Å²) in [5.41, 5.74) is 0.736. The number of hydrogen-bond acceptors (Lipinski definition) is 0. The Hall–Kier alpha value is 1.04. The molecule has 82 valence electrons. The molecule has 2 bridgehead atoms. The topological polar surface area (TPSA) is 22.9 Å². The molecule has 0 aromatic heterocycles. The summed E-state index contributed by atoms with van der Waals surface area (Å²) in [5.74, 6) is 0.818. The molecule has 0 spiro atoms. The third-order valence-electron chi connectivity index (χ3n) is 5.11. The van der Waals surface area contributed by atoms with Gasteiger partial charge in [-0.15, -0.1) is 0 Å². The summed E-state index contributed by atoms with van der Waals surface area (Å²) in [7, 11) is 0. The van der Waals surface area contributed by atoms with E-state index in [0.29, 0.717) is 16.1 Å². The van der Waals surface area contributed by atoms with Gasteiger partial charge in [0.1, 0.15) is 0 Å².